The number of aliphatic hydroxyl groups excluding tert-OH is 1. The Morgan fingerprint density at radius 2 is 1.90 bits per heavy atom. The van der Waals surface area contributed by atoms with Gasteiger partial charge in [-0.3, -0.25) is 0 Å². The largest absolute Gasteiger partial charge is 0.389 e. The molecule has 2 N–H and O–H groups in total. The van der Waals surface area contributed by atoms with Crippen molar-refractivity contribution in [2.24, 2.45) is 0 Å². The predicted octanol–water partition coefficient (Wildman–Crippen LogP) is 3.08. The van der Waals surface area contributed by atoms with Crippen LogP contribution in [0.25, 0.3) is 0 Å². The first-order valence-electron chi connectivity index (χ1n) is 7.68. The highest BCUT2D eigenvalue weighted by Crippen LogP contribution is 2.14. The average Bonchev–Trinajstić information content (AvgIpc) is 2.44. The van der Waals surface area contributed by atoms with Crippen molar-refractivity contribution in [1.82, 2.24) is 5.32 Å². The summed E-state index contributed by atoms with van der Waals surface area (Å²) in [6.45, 7) is 9.03. The molecule has 0 aromatic heterocycles. The topological polar surface area (TPSA) is 41.5 Å². The zero-order chi connectivity index (χ0) is 14.8. The lowest BCUT2D eigenvalue weighted by Crippen LogP contribution is -2.30. The second-order valence-electron chi connectivity index (χ2n) is 5.61. The van der Waals surface area contributed by atoms with Crippen LogP contribution in [0.15, 0.2) is 24.3 Å². The summed E-state index contributed by atoms with van der Waals surface area (Å²) in [5, 5.41) is 13.0. The van der Waals surface area contributed by atoms with Crippen LogP contribution in [0.3, 0.4) is 0 Å². The third-order valence-electron chi connectivity index (χ3n) is 3.31. The molecule has 3 nitrogen and oxygen atoms in total. The number of benzene rings is 1. The van der Waals surface area contributed by atoms with Crippen LogP contribution in [0.2, 0.25) is 0 Å². The lowest BCUT2D eigenvalue weighted by molar-refractivity contribution is 0.0358. The van der Waals surface area contributed by atoms with Crippen molar-refractivity contribution >= 4 is 0 Å². The number of hydrogen-bond acceptors (Lipinski definition) is 3. The molecule has 0 aliphatic carbocycles. The minimum atomic E-state index is -0.429. The fourth-order valence-corrected chi connectivity index (χ4v) is 1.93. The Balaban J connectivity index is 2.16. The molecule has 1 atom stereocenters. The van der Waals surface area contributed by atoms with E-state index in [1.54, 1.807) is 0 Å². The molecule has 0 aliphatic rings. The van der Waals surface area contributed by atoms with Gasteiger partial charge >= 0.3 is 0 Å². The number of aliphatic hydroxyl groups is 1. The second kappa shape index (κ2) is 9.92. The van der Waals surface area contributed by atoms with Crippen molar-refractivity contribution in [2.45, 2.75) is 52.2 Å². The van der Waals surface area contributed by atoms with Gasteiger partial charge in [-0.2, -0.15) is 0 Å². The van der Waals surface area contributed by atoms with Gasteiger partial charge in [-0.25, -0.2) is 0 Å². The molecule has 1 rings (SSSR count). The first-order valence-corrected chi connectivity index (χ1v) is 7.68. The molecule has 1 unspecified atom stereocenters. The fourth-order valence-electron chi connectivity index (χ4n) is 1.93. The normalized spacial score (nSPS) is 12.8. The van der Waals surface area contributed by atoms with Crippen molar-refractivity contribution in [3.05, 3.63) is 35.4 Å². The molecule has 0 saturated heterocycles. The molecule has 1 aromatic rings. The van der Waals surface area contributed by atoms with Crippen LogP contribution in [0.5, 0.6) is 0 Å². The van der Waals surface area contributed by atoms with Crippen LogP contribution in [0, 0.1) is 0 Å². The Labute approximate surface area is 123 Å². The van der Waals surface area contributed by atoms with Crippen molar-refractivity contribution in [1.29, 1.82) is 0 Å². The van der Waals surface area contributed by atoms with Crippen LogP contribution in [-0.2, 0) is 11.3 Å². The van der Waals surface area contributed by atoms with Crippen molar-refractivity contribution in [2.75, 3.05) is 19.8 Å². The number of ether oxygens (including phenoxy) is 1. The van der Waals surface area contributed by atoms with Gasteiger partial charge in [0.2, 0.25) is 0 Å². The summed E-state index contributed by atoms with van der Waals surface area (Å²) in [6.07, 6.45) is 1.75. The van der Waals surface area contributed by atoms with E-state index in [2.05, 4.69) is 50.4 Å². The molecule has 20 heavy (non-hydrogen) atoms. The summed E-state index contributed by atoms with van der Waals surface area (Å²) < 4.78 is 5.39. The zero-order valence-corrected chi connectivity index (χ0v) is 13.1. The maximum Gasteiger partial charge on any atom is 0.0897 e. The quantitative estimate of drug-likeness (QED) is 0.647. The van der Waals surface area contributed by atoms with E-state index in [4.69, 9.17) is 4.74 Å². The highest BCUT2D eigenvalue weighted by atomic mass is 16.5. The van der Waals surface area contributed by atoms with E-state index in [1.807, 2.05) is 0 Å². The monoisotopic (exact) mass is 279 g/mol. The molecule has 0 aliphatic heterocycles. The van der Waals surface area contributed by atoms with Crippen LogP contribution in [-0.4, -0.2) is 31.0 Å². The molecular weight excluding hydrogens is 250 g/mol. The predicted molar refractivity (Wildman–Crippen MR) is 84.0 cm³/mol. The Bertz CT molecular complexity index is 349. The SMILES string of the molecule is CCCCOCC(O)CNCc1ccc(C(C)C)cc1. The van der Waals surface area contributed by atoms with Crippen molar-refractivity contribution in [3.63, 3.8) is 0 Å². The third kappa shape index (κ3) is 7.04. The lowest BCUT2D eigenvalue weighted by atomic mass is 10.0. The lowest BCUT2D eigenvalue weighted by Gasteiger charge is -2.13. The van der Waals surface area contributed by atoms with Crippen molar-refractivity contribution in [3.8, 4) is 0 Å². The number of rotatable bonds is 10. The number of nitrogens with one attached hydrogen (secondary N) is 1. The minimum Gasteiger partial charge on any atom is -0.389 e. The zero-order valence-electron chi connectivity index (χ0n) is 13.1. The minimum absolute atomic E-state index is 0.416. The van der Waals surface area contributed by atoms with Gasteiger partial charge in [-0.05, 0) is 23.5 Å². The molecule has 0 amide bonds. The van der Waals surface area contributed by atoms with Gasteiger partial charge in [0.25, 0.3) is 0 Å². The molecule has 3 heteroatoms. The summed E-state index contributed by atoms with van der Waals surface area (Å²) in [6, 6.07) is 8.64. The molecule has 1 aromatic carbocycles. The average molecular weight is 279 g/mol. The summed E-state index contributed by atoms with van der Waals surface area (Å²) in [4.78, 5) is 0. The summed E-state index contributed by atoms with van der Waals surface area (Å²) in [7, 11) is 0. The van der Waals surface area contributed by atoms with Crippen LogP contribution in [0.4, 0.5) is 0 Å². The Kier molecular flexibility index (Phi) is 8.51. The molecule has 114 valence electrons. The van der Waals surface area contributed by atoms with Gasteiger partial charge in [0.05, 0.1) is 12.7 Å². The third-order valence-corrected chi connectivity index (χ3v) is 3.31. The van der Waals surface area contributed by atoms with Gasteiger partial charge < -0.3 is 15.2 Å². The highest BCUT2D eigenvalue weighted by Gasteiger charge is 2.04. The maximum absolute atomic E-state index is 9.76. The second-order valence-corrected chi connectivity index (χ2v) is 5.61. The van der Waals surface area contributed by atoms with Gasteiger partial charge in [0, 0.05) is 19.7 Å². The summed E-state index contributed by atoms with van der Waals surface area (Å²) in [5.41, 5.74) is 2.60. The van der Waals surface area contributed by atoms with Crippen LogP contribution >= 0.6 is 0 Å². The first-order chi connectivity index (χ1) is 9.63. The summed E-state index contributed by atoms with van der Waals surface area (Å²) >= 11 is 0. The molecule has 0 radical (unpaired) electrons. The van der Waals surface area contributed by atoms with E-state index in [-0.39, 0.29) is 0 Å². The Hall–Kier alpha value is -0.900. The first kappa shape index (κ1) is 17.2. The van der Waals surface area contributed by atoms with Crippen LogP contribution in [0.1, 0.15) is 50.7 Å². The van der Waals surface area contributed by atoms with E-state index in [0.29, 0.717) is 19.1 Å². The molecule has 0 saturated carbocycles. The highest BCUT2D eigenvalue weighted by molar-refractivity contribution is 5.24. The van der Waals surface area contributed by atoms with Gasteiger partial charge in [0.1, 0.15) is 0 Å². The molecular formula is C17H29NO2. The molecule has 0 fully saturated rings. The van der Waals surface area contributed by atoms with Crippen molar-refractivity contribution < 1.29 is 9.84 Å². The van der Waals surface area contributed by atoms with Gasteiger partial charge in [0.15, 0.2) is 0 Å². The molecule has 0 heterocycles. The molecule has 0 bridgehead atoms. The standard InChI is InChI=1S/C17H29NO2/c1-4-5-10-20-13-17(19)12-18-11-15-6-8-16(9-7-15)14(2)3/h6-9,14,17-19H,4-5,10-13H2,1-3H3. The van der Waals surface area contributed by atoms with Gasteiger partial charge in [-0.15, -0.1) is 0 Å². The Morgan fingerprint density at radius 1 is 1.20 bits per heavy atom. The van der Waals surface area contributed by atoms with E-state index in [1.165, 1.54) is 11.1 Å². The smallest absolute Gasteiger partial charge is 0.0897 e. The Morgan fingerprint density at radius 3 is 2.50 bits per heavy atom. The fraction of sp³-hybridized carbons (Fsp3) is 0.647. The maximum atomic E-state index is 9.76. The van der Waals surface area contributed by atoms with E-state index < -0.39 is 6.10 Å². The summed E-state index contributed by atoms with van der Waals surface area (Å²) in [5.74, 6) is 0.569. The van der Waals surface area contributed by atoms with E-state index >= 15 is 0 Å². The van der Waals surface area contributed by atoms with E-state index in [0.717, 1.165) is 26.0 Å². The van der Waals surface area contributed by atoms with E-state index in [9.17, 15) is 5.11 Å². The number of hydrogen-bond donors (Lipinski definition) is 2. The molecule has 0 spiro atoms. The van der Waals surface area contributed by atoms with Crippen LogP contribution < -0.4 is 5.32 Å². The van der Waals surface area contributed by atoms with Gasteiger partial charge in [-0.1, -0.05) is 51.5 Å². The number of unbranched alkanes of at least 4 members (excludes halogenated alkanes) is 1.